The van der Waals surface area contributed by atoms with Crippen LogP contribution >= 0.6 is 11.3 Å². The van der Waals surface area contributed by atoms with E-state index in [-0.39, 0.29) is 5.91 Å². The van der Waals surface area contributed by atoms with Gasteiger partial charge in [0.1, 0.15) is 0 Å². The van der Waals surface area contributed by atoms with Crippen molar-refractivity contribution in [3.63, 3.8) is 0 Å². The third-order valence-electron chi connectivity index (χ3n) is 5.41. The van der Waals surface area contributed by atoms with Crippen LogP contribution in [-0.2, 0) is 17.4 Å². The predicted octanol–water partition coefficient (Wildman–Crippen LogP) is 6.04. The fourth-order valence-electron chi connectivity index (χ4n) is 3.66. The molecular weight excluding hydrogens is 423 g/mol. The number of rotatable bonds is 6. The van der Waals surface area contributed by atoms with Crippen LogP contribution in [0.15, 0.2) is 48.7 Å². The summed E-state index contributed by atoms with van der Waals surface area (Å²) in [4.78, 5) is 19.5. The zero-order valence-electron chi connectivity index (χ0n) is 17.2. The second kappa shape index (κ2) is 8.34. The maximum Gasteiger partial charge on any atom is 0.416 e. The first-order valence-electron chi connectivity index (χ1n) is 10.2. The largest absolute Gasteiger partial charge is 0.416 e. The van der Waals surface area contributed by atoms with Crippen LogP contribution in [0.4, 0.5) is 13.2 Å². The van der Waals surface area contributed by atoms with Gasteiger partial charge in [0, 0.05) is 31.3 Å². The predicted molar refractivity (Wildman–Crippen MR) is 117 cm³/mol. The van der Waals surface area contributed by atoms with Crippen LogP contribution in [0.5, 0.6) is 0 Å². The van der Waals surface area contributed by atoms with E-state index in [4.69, 9.17) is 0 Å². The van der Waals surface area contributed by atoms with Crippen molar-refractivity contribution in [1.82, 2.24) is 14.3 Å². The summed E-state index contributed by atoms with van der Waals surface area (Å²) in [7, 11) is 0. The molecule has 31 heavy (non-hydrogen) atoms. The van der Waals surface area contributed by atoms with Crippen molar-refractivity contribution in [2.75, 3.05) is 13.1 Å². The van der Waals surface area contributed by atoms with E-state index < -0.39 is 11.7 Å². The van der Waals surface area contributed by atoms with E-state index in [0.717, 1.165) is 46.0 Å². The van der Waals surface area contributed by atoms with E-state index >= 15 is 0 Å². The van der Waals surface area contributed by atoms with Crippen molar-refractivity contribution in [3.8, 4) is 11.3 Å². The number of hydrogen-bond acceptors (Lipinski definition) is 3. The Morgan fingerprint density at radius 2 is 1.81 bits per heavy atom. The molecule has 2 heterocycles. The van der Waals surface area contributed by atoms with Crippen molar-refractivity contribution in [2.24, 2.45) is 0 Å². The minimum atomic E-state index is -4.35. The number of imidazole rings is 1. The number of hydrogen-bond donors (Lipinski definition) is 0. The topological polar surface area (TPSA) is 37.6 Å². The monoisotopic (exact) mass is 445 g/mol. The molecule has 2 aromatic carbocycles. The molecule has 0 saturated carbocycles. The summed E-state index contributed by atoms with van der Waals surface area (Å²) in [6, 6.07) is 11.2. The maximum atomic E-state index is 12.8. The van der Waals surface area contributed by atoms with Crippen LogP contribution in [-0.4, -0.2) is 33.3 Å². The fourth-order valence-corrected chi connectivity index (χ4v) is 4.73. The minimum Gasteiger partial charge on any atom is -0.343 e. The molecule has 0 radical (unpaired) electrons. The number of alkyl halides is 3. The number of aryl methyl sites for hydroxylation is 1. The maximum absolute atomic E-state index is 12.8. The summed E-state index contributed by atoms with van der Waals surface area (Å²) >= 11 is 1.52. The van der Waals surface area contributed by atoms with E-state index in [2.05, 4.69) is 11.1 Å². The molecule has 8 heteroatoms. The van der Waals surface area contributed by atoms with Crippen molar-refractivity contribution >= 4 is 32.4 Å². The molecule has 0 spiro atoms. The Morgan fingerprint density at radius 3 is 2.45 bits per heavy atom. The number of halogens is 3. The van der Waals surface area contributed by atoms with Crippen molar-refractivity contribution < 1.29 is 18.0 Å². The van der Waals surface area contributed by atoms with Crippen molar-refractivity contribution in [3.05, 3.63) is 59.8 Å². The minimum absolute atomic E-state index is 0.160. The van der Waals surface area contributed by atoms with Gasteiger partial charge in [-0.25, -0.2) is 4.98 Å². The first-order valence-corrected chi connectivity index (χ1v) is 11.0. The third-order valence-corrected chi connectivity index (χ3v) is 6.43. The number of carbonyl (C=O) groups excluding carboxylic acids is 1. The van der Waals surface area contributed by atoms with Gasteiger partial charge < -0.3 is 4.90 Å². The second-order valence-electron chi connectivity index (χ2n) is 7.32. The molecule has 0 bridgehead atoms. The molecule has 4 rings (SSSR count). The summed E-state index contributed by atoms with van der Waals surface area (Å²) in [5, 5.41) is 0. The fraction of sp³-hybridized carbons (Fsp3) is 0.304. The molecular formula is C23H22F3N3OS. The van der Waals surface area contributed by atoms with Gasteiger partial charge in [-0.1, -0.05) is 29.5 Å². The van der Waals surface area contributed by atoms with Gasteiger partial charge in [-0.05, 0) is 50.1 Å². The van der Waals surface area contributed by atoms with Gasteiger partial charge in [0.2, 0.25) is 5.91 Å². The Hall–Kier alpha value is -2.87. The van der Waals surface area contributed by atoms with Crippen LogP contribution in [0.1, 0.15) is 31.4 Å². The van der Waals surface area contributed by atoms with Gasteiger partial charge >= 0.3 is 6.18 Å². The molecule has 0 aliphatic carbocycles. The summed E-state index contributed by atoms with van der Waals surface area (Å²) < 4.78 is 41.4. The lowest BCUT2D eigenvalue weighted by Crippen LogP contribution is -2.30. The summed E-state index contributed by atoms with van der Waals surface area (Å²) in [5.41, 5.74) is 2.69. The van der Waals surface area contributed by atoms with Crippen molar-refractivity contribution in [1.29, 1.82) is 0 Å². The SMILES string of the molecule is CCN(CC)C(=O)CCc1ccc2c(c1)sc1nc(-c3ccc(C(F)(F)F)cc3)cn12. The molecule has 0 fully saturated rings. The van der Waals surface area contributed by atoms with Gasteiger partial charge in [-0.3, -0.25) is 9.20 Å². The Bertz CT molecular complexity index is 1220. The normalized spacial score (nSPS) is 12.0. The highest BCUT2D eigenvalue weighted by atomic mass is 32.1. The highest BCUT2D eigenvalue weighted by Gasteiger charge is 2.30. The van der Waals surface area contributed by atoms with Gasteiger partial charge in [0.05, 0.1) is 21.5 Å². The molecule has 4 aromatic rings. The Balaban J connectivity index is 1.56. The molecule has 0 aliphatic heterocycles. The molecule has 162 valence electrons. The van der Waals surface area contributed by atoms with Gasteiger partial charge in [-0.15, -0.1) is 0 Å². The van der Waals surface area contributed by atoms with E-state index in [9.17, 15) is 18.0 Å². The quantitative estimate of drug-likeness (QED) is 0.363. The summed E-state index contributed by atoms with van der Waals surface area (Å²) in [5.74, 6) is 0.160. The molecule has 0 unspecified atom stereocenters. The molecule has 4 nitrogen and oxygen atoms in total. The lowest BCUT2D eigenvalue weighted by molar-refractivity contribution is -0.137. The Labute approximate surface area is 181 Å². The average molecular weight is 446 g/mol. The average Bonchev–Trinajstić information content (AvgIpc) is 3.30. The van der Waals surface area contributed by atoms with Crippen LogP contribution < -0.4 is 0 Å². The van der Waals surface area contributed by atoms with E-state index in [1.165, 1.54) is 23.5 Å². The molecule has 0 aliphatic rings. The number of amides is 1. The van der Waals surface area contributed by atoms with Crippen LogP contribution in [0.25, 0.3) is 26.4 Å². The molecule has 1 amide bonds. The second-order valence-corrected chi connectivity index (χ2v) is 8.33. The summed E-state index contributed by atoms with van der Waals surface area (Å²) in [6.07, 6.45) is -1.34. The zero-order valence-corrected chi connectivity index (χ0v) is 18.1. The van der Waals surface area contributed by atoms with E-state index in [1.54, 1.807) is 0 Å². The highest BCUT2D eigenvalue weighted by Crippen LogP contribution is 2.33. The number of carbonyl (C=O) groups is 1. The number of nitrogens with zero attached hydrogens (tertiary/aromatic N) is 3. The van der Waals surface area contributed by atoms with Crippen LogP contribution in [0.3, 0.4) is 0 Å². The summed E-state index contributed by atoms with van der Waals surface area (Å²) in [6.45, 7) is 5.40. The van der Waals surface area contributed by atoms with Crippen molar-refractivity contribution in [2.45, 2.75) is 32.9 Å². The Morgan fingerprint density at radius 1 is 1.10 bits per heavy atom. The third kappa shape index (κ3) is 4.30. The Kier molecular flexibility index (Phi) is 5.75. The van der Waals surface area contributed by atoms with Gasteiger partial charge in [-0.2, -0.15) is 13.2 Å². The molecule has 0 saturated heterocycles. The zero-order chi connectivity index (χ0) is 22.2. The van der Waals surface area contributed by atoms with E-state index in [0.29, 0.717) is 24.1 Å². The van der Waals surface area contributed by atoms with Gasteiger partial charge in [0.15, 0.2) is 4.96 Å². The number of thiazole rings is 1. The lowest BCUT2D eigenvalue weighted by atomic mass is 10.1. The number of aromatic nitrogens is 2. The number of benzene rings is 2. The molecule has 0 N–H and O–H groups in total. The standard InChI is InChI=1S/C23H22F3N3OS/c1-3-28(4-2)21(30)12-6-15-5-11-19-20(13-15)31-22-27-18(14-29(19)22)16-7-9-17(10-8-16)23(24,25)26/h5,7-11,13-14H,3-4,6,12H2,1-2H3. The van der Waals surface area contributed by atoms with Crippen LogP contribution in [0.2, 0.25) is 0 Å². The first kappa shape index (κ1) is 21.4. The lowest BCUT2D eigenvalue weighted by Gasteiger charge is -2.18. The molecule has 2 aromatic heterocycles. The van der Waals surface area contributed by atoms with Gasteiger partial charge in [0.25, 0.3) is 0 Å². The van der Waals surface area contributed by atoms with Crippen LogP contribution in [0, 0.1) is 0 Å². The first-order chi connectivity index (χ1) is 14.8. The number of fused-ring (bicyclic) bond motifs is 3. The smallest absolute Gasteiger partial charge is 0.343 e. The highest BCUT2D eigenvalue weighted by molar-refractivity contribution is 7.23. The van der Waals surface area contributed by atoms with E-state index in [1.807, 2.05) is 41.5 Å². The molecule has 0 atom stereocenters.